The van der Waals surface area contributed by atoms with Gasteiger partial charge in [-0.2, -0.15) is 5.10 Å². The van der Waals surface area contributed by atoms with Crippen LogP contribution < -0.4 is 21.2 Å². The number of aromatic nitrogens is 3. The molecular weight excluding hydrogens is 548 g/mol. The monoisotopic (exact) mass is 568 g/mol. The molecule has 0 atom stereocenters. The number of rotatable bonds is 8. The molecule has 2 N–H and O–H groups in total. The molecule has 41 heavy (non-hydrogen) atoms. The predicted octanol–water partition coefficient (Wildman–Crippen LogP) is 2.62. The second-order valence-electron chi connectivity index (χ2n) is 8.44. The Balaban J connectivity index is 1.22. The van der Waals surface area contributed by atoms with Crippen molar-refractivity contribution in [1.82, 2.24) is 25.1 Å². The van der Waals surface area contributed by atoms with Crippen LogP contribution in [0.2, 0.25) is 0 Å². The highest BCUT2D eigenvalue weighted by atomic mass is 32.2. The highest BCUT2D eigenvalue weighted by molar-refractivity contribution is 8.18. The molecule has 0 saturated carbocycles. The van der Waals surface area contributed by atoms with Crippen LogP contribution in [0.1, 0.15) is 5.56 Å². The fourth-order valence-corrected chi connectivity index (χ4v) is 4.38. The second-order valence-corrected chi connectivity index (χ2v) is 9.45. The molecule has 1 aliphatic heterocycles. The van der Waals surface area contributed by atoms with Gasteiger partial charge in [0.1, 0.15) is 12.3 Å². The summed E-state index contributed by atoms with van der Waals surface area (Å²) in [4.78, 5) is 60.4. The summed E-state index contributed by atoms with van der Waals surface area (Å²) >= 11 is 0.612. The third-order valence-corrected chi connectivity index (χ3v) is 6.38. The van der Waals surface area contributed by atoms with E-state index in [4.69, 9.17) is 4.74 Å². The topological polar surface area (TPSA) is 154 Å². The summed E-state index contributed by atoms with van der Waals surface area (Å²) in [6.07, 6.45) is 2.31. The Bertz CT molecular complexity index is 1740. The lowest BCUT2D eigenvalue weighted by Gasteiger charge is -2.05. The van der Waals surface area contributed by atoms with Crippen molar-refractivity contribution in [2.45, 2.75) is 6.54 Å². The highest BCUT2D eigenvalue weighted by Crippen LogP contribution is 2.23. The van der Waals surface area contributed by atoms with Crippen LogP contribution in [0.4, 0.5) is 4.79 Å². The maximum atomic E-state index is 13.2. The number of nitrogens with zero attached hydrogens (tertiary/aromatic N) is 4. The standard InChI is InChI=1S/C28H20N6O6S/c35-23(17-33-28(39)34(20-9-5-2-6-10-20)25(32-33)19-7-3-1-4-8-19)31-29-16-18-11-13-21(14-12-18)40-24(36)15-22-26(37)30-27(38)41-22/h1-16H,17H2,(H,31,35)(H,30,37,38). The molecule has 0 unspecified atom stereocenters. The molecule has 0 bridgehead atoms. The Kier molecular flexibility index (Phi) is 7.97. The Morgan fingerprint density at radius 1 is 0.951 bits per heavy atom. The van der Waals surface area contributed by atoms with Crippen LogP contribution >= 0.6 is 11.8 Å². The Morgan fingerprint density at radius 3 is 2.29 bits per heavy atom. The Labute approximate surface area is 236 Å². The fraction of sp³-hybridized carbons (Fsp3) is 0.0357. The third kappa shape index (κ3) is 6.54. The molecule has 204 valence electrons. The fourth-order valence-electron chi connectivity index (χ4n) is 3.74. The highest BCUT2D eigenvalue weighted by Gasteiger charge is 2.26. The van der Waals surface area contributed by atoms with E-state index in [0.717, 1.165) is 16.3 Å². The number of para-hydroxylation sites is 1. The molecule has 1 saturated heterocycles. The lowest BCUT2D eigenvalue weighted by atomic mass is 10.2. The van der Waals surface area contributed by atoms with Crippen molar-refractivity contribution in [1.29, 1.82) is 0 Å². The zero-order valence-electron chi connectivity index (χ0n) is 21.1. The smallest absolute Gasteiger partial charge is 0.351 e. The zero-order valence-corrected chi connectivity index (χ0v) is 21.9. The quantitative estimate of drug-likeness (QED) is 0.108. The van der Waals surface area contributed by atoms with Gasteiger partial charge in [0.05, 0.1) is 16.8 Å². The van der Waals surface area contributed by atoms with Crippen LogP contribution in [-0.4, -0.2) is 43.6 Å². The van der Waals surface area contributed by atoms with E-state index >= 15 is 0 Å². The Hall–Kier alpha value is -5.56. The van der Waals surface area contributed by atoms with Gasteiger partial charge in [-0.05, 0) is 53.7 Å². The first-order valence-corrected chi connectivity index (χ1v) is 12.9. The van der Waals surface area contributed by atoms with Crippen molar-refractivity contribution in [3.05, 3.63) is 112 Å². The number of hydrazone groups is 1. The van der Waals surface area contributed by atoms with Gasteiger partial charge in [0.15, 0.2) is 5.82 Å². The largest absolute Gasteiger partial charge is 0.423 e. The van der Waals surface area contributed by atoms with Crippen molar-refractivity contribution >= 4 is 41.0 Å². The maximum Gasteiger partial charge on any atom is 0.351 e. The number of carbonyl (C=O) groups excluding carboxylic acids is 4. The lowest BCUT2D eigenvalue weighted by molar-refractivity contribution is -0.129. The third-order valence-electron chi connectivity index (χ3n) is 5.57. The summed E-state index contributed by atoms with van der Waals surface area (Å²) in [7, 11) is 0. The van der Waals surface area contributed by atoms with E-state index in [2.05, 4.69) is 15.6 Å². The minimum absolute atomic E-state index is 0.0510. The predicted molar refractivity (Wildman–Crippen MR) is 150 cm³/mol. The average molecular weight is 569 g/mol. The molecule has 0 radical (unpaired) electrons. The first-order chi connectivity index (χ1) is 19.9. The van der Waals surface area contributed by atoms with Crippen LogP contribution in [0.5, 0.6) is 5.75 Å². The summed E-state index contributed by atoms with van der Waals surface area (Å²) in [5.74, 6) is -1.44. The molecule has 2 heterocycles. The van der Waals surface area contributed by atoms with Gasteiger partial charge in [0.2, 0.25) is 0 Å². The number of nitrogens with one attached hydrogen (secondary N) is 2. The molecule has 4 aromatic rings. The van der Waals surface area contributed by atoms with Crippen molar-refractivity contribution in [2.24, 2.45) is 5.10 Å². The normalized spacial score (nSPS) is 13.9. The number of hydrogen-bond acceptors (Lipinski definition) is 9. The summed E-state index contributed by atoms with van der Waals surface area (Å²) in [6, 6.07) is 24.4. The van der Waals surface area contributed by atoms with Crippen LogP contribution in [0.15, 0.2) is 106 Å². The summed E-state index contributed by atoms with van der Waals surface area (Å²) in [5.41, 5.74) is 3.81. The van der Waals surface area contributed by atoms with Gasteiger partial charge >= 0.3 is 11.7 Å². The molecule has 3 amide bonds. The van der Waals surface area contributed by atoms with Gasteiger partial charge in [-0.1, -0.05) is 48.5 Å². The van der Waals surface area contributed by atoms with E-state index in [1.807, 2.05) is 53.8 Å². The molecular formula is C28H20N6O6S. The SMILES string of the molecule is O=C(Cn1nc(-c2ccccc2)n(-c2ccccc2)c1=O)NN=Cc1ccc(OC(=O)C=C2SC(=O)NC2=O)cc1. The first-order valence-electron chi connectivity index (χ1n) is 12.1. The van der Waals surface area contributed by atoms with E-state index in [9.17, 15) is 24.0 Å². The van der Waals surface area contributed by atoms with E-state index in [1.54, 1.807) is 24.3 Å². The van der Waals surface area contributed by atoms with Gasteiger partial charge in [-0.15, -0.1) is 5.10 Å². The van der Waals surface area contributed by atoms with E-state index in [0.29, 0.717) is 28.8 Å². The number of esters is 1. The van der Waals surface area contributed by atoms with Gasteiger partial charge < -0.3 is 4.74 Å². The van der Waals surface area contributed by atoms with Gasteiger partial charge in [-0.25, -0.2) is 24.3 Å². The van der Waals surface area contributed by atoms with Crippen molar-refractivity contribution < 1.29 is 23.9 Å². The number of carbonyl (C=O) groups is 4. The van der Waals surface area contributed by atoms with Crippen LogP contribution in [0.25, 0.3) is 17.1 Å². The molecule has 13 heteroatoms. The van der Waals surface area contributed by atoms with Crippen LogP contribution in [-0.2, 0) is 20.9 Å². The van der Waals surface area contributed by atoms with Gasteiger partial charge in [-0.3, -0.25) is 19.7 Å². The molecule has 1 aliphatic rings. The summed E-state index contributed by atoms with van der Waals surface area (Å²) in [5, 5.41) is 9.81. The number of amides is 3. The van der Waals surface area contributed by atoms with Crippen molar-refractivity contribution in [3.8, 4) is 22.8 Å². The van der Waals surface area contributed by atoms with Gasteiger partial charge in [0, 0.05) is 11.6 Å². The number of thioether (sulfide) groups is 1. The second kappa shape index (κ2) is 12.1. The molecule has 5 rings (SSSR count). The van der Waals surface area contributed by atoms with Crippen molar-refractivity contribution in [3.63, 3.8) is 0 Å². The molecule has 3 aromatic carbocycles. The number of benzene rings is 3. The van der Waals surface area contributed by atoms with Gasteiger partial charge in [0.25, 0.3) is 17.1 Å². The number of ether oxygens (including phenoxy) is 1. The summed E-state index contributed by atoms with van der Waals surface area (Å²) in [6.45, 7) is -0.359. The molecule has 1 fully saturated rings. The number of hydrogen-bond donors (Lipinski definition) is 2. The minimum Gasteiger partial charge on any atom is -0.423 e. The first kappa shape index (κ1) is 27.0. The average Bonchev–Trinajstić information content (AvgIpc) is 3.47. The van der Waals surface area contributed by atoms with E-state index in [1.165, 1.54) is 22.9 Å². The Morgan fingerprint density at radius 2 is 1.63 bits per heavy atom. The molecule has 1 aromatic heterocycles. The van der Waals surface area contributed by atoms with E-state index in [-0.39, 0.29) is 17.2 Å². The molecule has 0 spiro atoms. The molecule has 0 aliphatic carbocycles. The van der Waals surface area contributed by atoms with Crippen LogP contribution in [0, 0.1) is 0 Å². The summed E-state index contributed by atoms with van der Waals surface area (Å²) < 4.78 is 7.65. The zero-order chi connectivity index (χ0) is 28.8. The van der Waals surface area contributed by atoms with E-state index < -0.39 is 28.7 Å². The lowest BCUT2D eigenvalue weighted by Crippen LogP contribution is -2.31. The maximum absolute atomic E-state index is 13.2. The minimum atomic E-state index is -0.814. The van der Waals surface area contributed by atoms with Crippen molar-refractivity contribution in [2.75, 3.05) is 0 Å². The molecule has 12 nitrogen and oxygen atoms in total. The van der Waals surface area contributed by atoms with Crippen LogP contribution in [0.3, 0.4) is 0 Å². The number of imide groups is 1.